The van der Waals surface area contributed by atoms with Crippen LogP contribution < -0.4 is 5.32 Å². The molecule has 0 atom stereocenters. The first kappa shape index (κ1) is 14.2. The Bertz CT molecular complexity index is 450. The van der Waals surface area contributed by atoms with Crippen LogP contribution in [0.3, 0.4) is 0 Å². The molecule has 98 valence electrons. The molecule has 0 radical (unpaired) electrons. The maximum atomic E-state index is 11.9. The molecule has 1 aromatic carbocycles. The summed E-state index contributed by atoms with van der Waals surface area (Å²) in [6, 6.07) is 4.70. The standard InChI is InChI=1S/C14H19NO3/c1-4-10(5-2)13(16)15-12-7-6-11(14(17)18)8-9(12)3/h6-8,10H,4-5H2,1-3H3,(H,15,16)(H,17,18). The molecule has 1 amide bonds. The van der Waals surface area contributed by atoms with E-state index in [-0.39, 0.29) is 17.4 Å². The van der Waals surface area contributed by atoms with Gasteiger partial charge >= 0.3 is 5.97 Å². The van der Waals surface area contributed by atoms with Crippen molar-refractivity contribution in [3.05, 3.63) is 29.3 Å². The quantitative estimate of drug-likeness (QED) is 0.842. The SMILES string of the molecule is CCC(CC)C(=O)Nc1ccc(C(=O)O)cc1C. The lowest BCUT2D eigenvalue weighted by Crippen LogP contribution is -2.22. The van der Waals surface area contributed by atoms with Crippen molar-refractivity contribution in [2.24, 2.45) is 5.92 Å². The van der Waals surface area contributed by atoms with E-state index in [0.717, 1.165) is 18.4 Å². The fourth-order valence-corrected chi connectivity index (χ4v) is 1.83. The molecule has 4 nitrogen and oxygen atoms in total. The lowest BCUT2D eigenvalue weighted by Gasteiger charge is -2.14. The second-order valence-electron chi connectivity index (χ2n) is 4.34. The van der Waals surface area contributed by atoms with Crippen LogP contribution in [0.25, 0.3) is 0 Å². The van der Waals surface area contributed by atoms with Crippen molar-refractivity contribution in [1.82, 2.24) is 0 Å². The zero-order valence-electron chi connectivity index (χ0n) is 11.0. The van der Waals surface area contributed by atoms with E-state index in [1.807, 2.05) is 13.8 Å². The van der Waals surface area contributed by atoms with Crippen LogP contribution in [0.5, 0.6) is 0 Å². The van der Waals surface area contributed by atoms with E-state index in [4.69, 9.17) is 5.11 Å². The fraction of sp³-hybridized carbons (Fsp3) is 0.429. The fourth-order valence-electron chi connectivity index (χ4n) is 1.83. The molecule has 0 unspecified atom stereocenters. The predicted molar refractivity (Wildman–Crippen MR) is 70.8 cm³/mol. The predicted octanol–water partition coefficient (Wildman–Crippen LogP) is 3.07. The second kappa shape index (κ2) is 6.19. The number of hydrogen-bond acceptors (Lipinski definition) is 2. The molecule has 0 aliphatic carbocycles. The van der Waals surface area contributed by atoms with Crippen molar-refractivity contribution in [1.29, 1.82) is 0 Å². The highest BCUT2D eigenvalue weighted by atomic mass is 16.4. The van der Waals surface area contributed by atoms with Gasteiger partial charge in [-0.15, -0.1) is 0 Å². The molecule has 1 rings (SSSR count). The van der Waals surface area contributed by atoms with Gasteiger partial charge in [0.05, 0.1) is 5.56 Å². The third-order valence-electron chi connectivity index (χ3n) is 3.09. The third kappa shape index (κ3) is 3.32. The number of amides is 1. The summed E-state index contributed by atoms with van der Waals surface area (Å²) < 4.78 is 0. The average molecular weight is 249 g/mol. The molecule has 0 saturated carbocycles. The number of carboxylic acid groups (broad SMARTS) is 1. The summed E-state index contributed by atoms with van der Waals surface area (Å²) in [7, 11) is 0. The van der Waals surface area contributed by atoms with Crippen molar-refractivity contribution in [3.63, 3.8) is 0 Å². The molecule has 1 aromatic rings. The molecule has 0 heterocycles. The molecule has 0 spiro atoms. The monoisotopic (exact) mass is 249 g/mol. The highest BCUT2D eigenvalue weighted by molar-refractivity contribution is 5.94. The number of carbonyl (C=O) groups excluding carboxylic acids is 1. The Morgan fingerprint density at radius 1 is 1.28 bits per heavy atom. The van der Waals surface area contributed by atoms with Gasteiger partial charge in [0.15, 0.2) is 0 Å². The van der Waals surface area contributed by atoms with Gasteiger partial charge in [0, 0.05) is 11.6 Å². The van der Waals surface area contributed by atoms with E-state index in [1.54, 1.807) is 19.1 Å². The molecule has 0 aromatic heterocycles. The highest BCUT2D eigenvalue weighted by Crippen LogP contribution is 2.19. The van der Waals surface area contributed by atoms with E-state index < -0.39 is 5.97 Å². The van der Waals surface area contributed by atoms with E-state index in [0.29, 0.717) is 5.69 Å². The molecule has 2 N–H and O–H groups in total. The highest BCUT2D eigenvalue weighted by Gasteiger charge is 2.15. The van der Waals surface area contributed by atoms with Gasteiger partial charge in [-0.05, 0) is 43.5 Å². The van der Waals surface area contributed by atoms with Gasteiger partial charge in [-0.25, -0.2) is 4.79 Å². The molecular formula is C14H19NO3. The van der Waals surface area contributed by atoms with E-state index in [9.17, 15) is 9.59 Å². The molecular weight excluding hydrogens is 230 g/mol. The number of carbonyl (C=O) groups is 2. The summed E-state index contributed by atoms with van der Waals surface area (Å²) in [5.41, 5.74) is 1.67. The molecule has 4 heteroatoms. The molecule has 0 aliphatic rings. The van der Waals surface area contributed by atoms with Crippen LogP contribution in [-0.4, -0.2) is 17.0 Å². The molecule has 0 bridgehead atoms. The van der Waals surface area contributed by atoms with Crippen molar-refractivity contribution >= 4 is 17.6 Å². The summed E-state index contributed by atoms with van der Waals surface area (Å²) in [4.78, 5) is 22.7. The summed E-state index contributed by atoms with van der Waals surface area (Å²) in [5.74, 6) is -0.967. The summed E-state index contributed by atoms with van der Waals surface area (Å²) in [5, 5.41) is 11.7. The normalized spacial score (nSPS) is 10.4. The summed E-state index contributed by atoms with van der Waals surface area (Å²) in [6.45, 7) is 5.75. The van der Waals surface area contributed by atoms with Crippen molar-refractivity contribution in [2.75, 3.05) is 5.32 Å². The molecule has 18 heavy (non-hydrogen) atoms. The van der Waals surface area contributed by atoms with Gasteiger partial charge in [-0.2, -0.15) is 0 Å². The summed E-state index contributed by atoms with van der Waals surface area (Å²) in [6.07, 6.45) is 1.60. The van der Waals surface area contributed by atoms with E-state index in [1.165, 1.54) is 6.07 Å². The van der Waals surface area contributed by atoms with Gasteiger partial charge in [0.1, 0.15) is 0 Å². The lowest BCUT2D eigenvalue weighted by atomic mass is 10.0. The largest absolute Gasteiger partial charge is 0.478 e. The Labute approximate surface area is 107 Å². The minimum absolute atomic E-state index is 0.00329. The van der Waals surface area contributed by atoms with Crippen LogP contribution in [0.4, 0.5) is 5.69 Å². The van der Waals surface area contributed by atoms with Gasteiger partial charge in [-0.1, -0.05) is 13.8 Å². The van der Waals surface area contributed by atoms with Gasteiger partial charge in [0.2, 0.25) is 5.91 Å². The number of anilines is 1. The number of carboxylic acids is 1. The van der Waals surface area contributed by atoms with Gasteiger partial charge in [0.25, 0.3) is 0 Å². The molecule has 0 fully saturated rings. The van der Waals surface area contributed by atoms with Crippen LogP contribution in [-0.2, 0) is 4.79 Å². The lowest BCUT2D eigenvalue weighted by molar-refractivity contribution is -0.120. The van der Waals surface area contributed by atoms with Gasteiger partial charge in [-0.3, -0.25) is 4.79 Å². The van der Waals surface area contributed by atoms with Crippen molar-refractivity contribution in [3.8, 4) is 0 Å². The number of rotatable bonds is 5. The number of aromatic carboxylic acids is 1. The zero-order chi connectivity index (χ0) is 13.7. The third-order valence-corrected chi connectivity index (χ3v) is 3.09. The minimum atomic E-state index is -0.962. The zero-order valence-corrected chi connectivity index (χ0v) is 11.0. The Kier molecular flexibility index (Phi) is 4.89. The number of benzene rings is 1. The number of aryl methyl sites for hydroxylation is 1. The number of hydrogen-bond donors (Lipinski definition) is 2. The van der Waals surface area contributed by atoms with E-state index >= 15 is 0 Å². The molecule has 0 saturated heterocycles. The second-order valence-corrected chi connectivity index (χ2v) is 4.34. The first-order valence-corrected chi connectivity index (χ1v) is 6.14. The van der Waals surface area contributed by atoms with Crippen molar-refractivity contribution in [2.45, 2.75) is 33.6 Å². The van der Waals surface area contributed by atoms with Crippen LogP contribution >= 0.6 is 0 Å². The topological polar surface area (TPSA) is 66.4 Å². The number of nitrogens with one attached hydrogen (secondary N) is 1. The molecule has 0 aliphatic heterocycles. The first-order chi connectivity index (χ1) is 8.49. The van der Waals surface area contributed by atoms with Crippen LogP contribution in [0, 0.1) is 12.8 Å². The summed E-state index contributed by atoms with van der Waals surface area (Å²) >= 11 is 0. The Morgan fingerprint density at radius 3 is 2.33 bits per heavy atom. The first-order valence-electron chi connectivity index (χ1n) is 6.14. The van der Waals surface area contributed by atoms with Crippen LogP contribution in [0.2, 0.25) is 0 Å². The Hall–Kier alpha value is -1.84. The van der Waals surface area contributed by atoms with Crippen molar-refractivity contribution < 1.29 is 14.7 Å². The maximum absolute atomic E-state index is 11.9. The van der Waals surface area contributed by atoms with Crippen LogP contribution in [0.15, 0.2) is 18.2 Å². The Balaban J connectivity index is 2.86. The maximum Gasteiger partial charge on any atom is 0.335 e. The van der Waals surface area contributed by atoms with E-state index in [2.05, 4.69) is 5.32 Å². The Morgan fingerprint density at radius 2 is 1.89 bits per heavy atom. The minimum Gasteiger partial charge on any atom is -0.478 e. The van der Waals surface area contributed by atoms with Gasteiger partial charge < -0.3 is 10.4 Å². The smallest absolute Gasteiger partial charge is 0.335 e. The average Bonchev–Trinajstić information content (AvgIpc) is 2.33. The van der Waals surface area contributed by atoms with Crippen LogP contribution in [0.1, 0.15) is 42.6 Å².